The van der Waals surface area contributed by atoms with Crippen molar-refractivity contribution in [1.29, 1.82) is 0 Å². The van der Waals surface area contributed by atoms with Crippen molar-refractivity contribution in [3.63, 3.8) is 0 Å². The molecule has 2 N–H and O–H groups in total. The zero-order valence-corrected chi connectivity index (χ0v) is 9.64. The summed E-state index contributed by atoms with van der Waals surface area (Å²) in [6, 6.07) is 2.13. The predicted octanol–water partition coefficient (Wildman–Crippen LogP) is 2.69. The highest BCUT2D eigenvalue weighted by Crippen LogP contribution is 2.21. The third-order valence-corrected chi connectivity index (χ3v) is 2.94. The second kappa shape index (κ2) is 4.34. The van der Waals surface area contributed by atoms with Crippen LogP contribution in [0.1, 0.15) is 27.8 Å². The highest BCUT2D eigenvalue weighted by Gasteiger charge is 2.08. The molecule has 0 aliphatic rings. The molecule has 15 heavy (non-hydrogen) atoms. The van der Waals surface area contributed by atoms with Gasteiger partial charge in [-0.25, -0.2) is 4.79 Å². The van der Waals surface area contributed by atoms with E-state index in [0.29, 0.717) is 6.54 Å². The van der Waals surface area contributed by atoms with E-state index in [1.165, 1.54) is 22.3 Å². The Morgan fingerprint density at radius 3 is 2.07 bits per heavy atom. The molecule has 1 aromatic rings. The van der Waals surface area contributed by atoms with E-state index in [9.17, 15) is 4.79 Å². The first-order valence-electron chi connectivity index (χ1n) is 4.96. The molecule has 0 saturated heterocycles. The molecule has 0 unspecified atom stereocenters. The summed E-state index contributed by atoms with van der Waals surface area (Å²) >= 11 is 0. The van der Waals surface area contributed by atoms with Crippen LogP contribution in [-0.2, 0) is 6.54 Å². The lowest BCUT2D eigenvalue weighted by atomic mass is 9.94. The van der Waals surface area contributed by atoms with Crippen LogP contribution >= 0.6 is 0 Å². The monoisotopic (exact) mass is 207 g/mol. The summed E-state index contributed by atoms with van der Waals surface area (Å²) in [6.45, 7) is 8.54. The Morgan fingerprint density at radius 2 is 1.67 bits per heavy atom. The van der Waals surface area contributed by atoms with Gasteiger partial charge in [-0.2, -0.15) is 0 Å². The fourth-order valence-electron chi connectivity index (χ4n) is 1.73. The number of nitrogens with one attached hydrogen (secondary N) is 1. The largest absolute Gasteiger partial charge is 0.465 e. The molecule has 3 nitrogen and oxygen atoms in total. The fourth-order valence-corrected chi connectivity index (χ4v) is 1.73. The number of rotatable bonds is 2. The Morgan fingerprint density at radius 1 is 1.20 bits per heavy atom. The highest BCUT2D eigenvalue weighted by molar-refractivity contribution is 5.64. The number of amides is 1. The third kappa shape index (κ3) is 2.49. The maximum absolute atomic E-state index is 10.5. The van der Waals surface area contributed by atoms with Gasteiger partial charge in [-0.15, -0.1) is 0 Å². The van der Waals surface area contributed by atoms with E-state index in [2.05, 4.69) is 11.4 Å². The van der Waals surface area contributed by atoms with E-state index in [0.717, 1.165) is 5.56 Å². The van der Waals surface area contributed by atoms with Gasteiger partial charge in [0.15, 0.2) is 0 Å². The lowest BCUT2D eigenvalue weighted by Crippen LogP contribution is -2.21. The van der Waals surface area contributed by atoms with Gasteiger partial charge in [0.05, 0.1) is 0 Å². The maximum Gasteiger partial charge on any atom is 0.404 e. The fraction of sp³-hybridized carbons (Fsp3) is 0.417. The number of aryl methyl sites for hydroxylation is 2. The Labute approximate surface area is 90.1 Å². The van der Waals surface area contributed by atoms with Crippen LogP contribution in [0.15, 0.2) is 6.07 Å². The van der Waals surface area contributed by atoms with Crippen molar-refractivity contribution in [2.24, 2.45) is 0 Å². The van der Waals surface area contributed by atoms with Crippen LogP contribution in [0.25, 0.3) is 0 Å². The van der Waals surface area contributed by atoms with Gasteiger partial charge in [0, 0.05) is 6.54 Å². The van der Waals surface area contributed by atoms with Crippen molar-refractivity contribution in [3.8, 4) is 0 Å². The average Bonchev–Trinajstić information content (AvgIpc) is 2.14. The molecule has 0 aliphatic carbocycles. The Hall–Kier alpha value is -1.51. The van der Waals surface area contributed by atoms with Crippen molar-refractivity contribution < 1.29 is 9.90 Å². The molecule has 0 saturated carbocycles. The number of benzene rings is 1. The Kier molecular flexibility index (Phi) is 3.35. The molecule has 3 heteroatoms. The maximum atomic E-state index is 10.5. The van der Waals surface area contributed by atoms with Crippen LogP contribution < -0.4 is 5.32 Å². The molecule has 0 heterocycles. The highest BCUT2D eigenvalue weighted by atomic mass is 16.4. The number of hydrogen-bond acceptors (Lipinski definition) is 1. The second-order valence-electron chi connectivity index (χ2n) is 3.90. The lowest BCUT2D eigenvalue weighted by Gasteiger charge is -2.14. The summed E-state index contributed by atoms with van der Waals surface area (Å²) in [6.07, 6.45) is -0.979. The van der Waals surface area contributed by atoms with Crippen LogP contribution in [0.4, 0.5) is 4.79 Å². The Balaban J connectivity index is 3.09. The van der Waals surface area contributed by atoms with Crippen LogP contribution in [-0.4, -0.2) is 11.2 Å². The first-order chi connectivity index (χ1) is 6.93. The molecule has 0 fully saturated rings. The molecule has 0 atom stereocenters. The van der Waals surface area contributed by atoms with E-state index in [1.54, 1.807) is 0 Å². The molecule has 1 rings (SSSR count). The summed E-state index contributed by atoms with van der Waals surface area (Å²) in [5.41, 5.74) is 5.86. The molecule has 1 aromatic carbocycles. The zero-order chi connectivity index (χ0) is 11.6. The number of carbonyl (C=O) groups is 1. The zero-order valence-electron chi connectivity index (χ0n) is 9.64. The van der Waals surface area contributed by atoms with Crippen LogP contribution in [0.2, 0.25) is 0 Å². The molecule has 0 spiro atoms. The summed E-state index contributed by atoms with van der Waals surface area (Å²) in [4.78, 5) is 10.5. The SMILES string of the molecule is Cc1cc(C)c(C)c(CNC(=O)O)c1C. The van der Waals surface area contributed by atoms with E-state index < -0.39 is 6.09 Å². The summed E-state index contributed by atoms with van der Waals surface area (Å²) in [7, 11) is 0. The van der Waals surface area contributed by atoms with E-state index in [-0.39, 0.29) is 0 Å². The molecule has 0 aromatic heterocycles. The normalized spacial score (nSPS) is 10.1. The molecule has 0 bridgehead atoms. The van der Waals surface area contributed by atoms with Crippen molar-refractivity contribution >= 4 is 6.09 Å². The minimum absolute atomic E-state index is 0.384. The van der Waals surface area contributed by atoms with Crippen LogP contribution in [0, 0.1) is 27.7 Å². The third-order valence-electron chi connectivity index (χ3n) is 2.94. The van der Waals surface area contributed by atoms with Gasteiger partial charge in [-0.3, -0.25) is 0 Å². The minimum Gasteiger partial charge on any atom is -0.465 e. The second-order valence-corrected chi connectivity index (χ2v) is 3.90. The van der Waals surface area contributed by atoms with Gasteiger partial charge in [0.25, 0.3) is 0 Å². The molecule has 0 radical (unpaired) electrons. The van der Waals surface area contributed by atoms with Gasteiger partial charge in [-0.05, 0) is 55.5 Å². The van der Waals surface area contributed by atoms with Crippen molar-refractivity contribution in [2.75, 3.05) is 0 Å². The standard InChI is InChI=1S/C12H17NO2/c1-7-5-8(2)10(4)11(9(7)3)6-13-12(14)15/h5,13H,6H2,1-4H3,(H,14,15). The topological polar surface area (TPSA) is 49.3 Å². The van der Waals surface area contributed by atoms with Gasteiger partial charge in [-0.1, -0.05) is 6.07 Å². The number of carboxylic acid groups (broad SMARTS) is 1. The van der Waals surface area contributed by atoms with Gasteiger partial charge >= 0.3 is 6.09 Å². The van der Waals surface area contributed by atoms with E-state index in [4.69, 9.17) is 5.11 Å². The summed E-state index contributed by atoms with van der Waals surface area (Å²) in [5.74, 6) is 0. The summed E-state index contributed by atoms with van der Waals surface area (Å²) < 4.78 is 0. The van der Waals surface area contributed by atoms with Crippen molar-refractivity contribution in [1.82, 2.24) is 5.32 Å². The average molecular weight is 207 g/mol. The predicted molar refractivity (Wildman–Crippen MR) is 60.3 cm³/mol. The number of hydrogen-bond donors (Lipinski definition) is 2. The minimum atomic E-state index is -0.979. The van der Waals surface area contributed by atoms with Crippen molar-refractivity contribution in [2.45, 2.75) is 34.2 Å². The quantitative estimate of drug-likeness (QED) is 0.783. The van der Waals surface area contributed by atoms with Crippen LogP contribution in [0.3, 0.4) is 0 Å². The Bertz CT molecular complexity index is 371. The van der Waals surface area contributed by atoms with Gasteiger partial charge in [0.1, 0.15) is 0 Å². The molecule has 1 amide bonds. The first-order valence-corrected chi connectivity index (χ1v) is 4.96. The molecule has 82 valence electrons. The van der Waals surface area contributed by atoms with Crippen molar-refractivity contribution in [3.05, 3.63) is 33.9 Å². The first kappa shape index (κ1) is 11.6. The van der Waals surface area contributed by atoms with E-state index >= 15 is 0 Å². The lowest BCUT2D eigenvalue weighted by molar-refractivity contribution is 0.194. The molecule has 0 aliphatic heterocycles. The van der Waals surface area contributed by atoms with Crippen LogP contribution in [0.5, 0.6) is 0 Å². The molecular formula is C12H17NO2. The molecular weight excluding hydrogens is 190 g/mol. The van der Waals surface area contributed by atoms with Gasteiger partial charge < -0.3 is 10.4 Å². The summed E-state index contributed by atoms with van der Waals surface area (Å²) in [5, 5.41) is 11.0. The van der Waals surface area contributed by atoms with Gasteiger partial charge in [0.2, 0.25) is 0 Å². The smallest absolute Gasteiger partial charge is 0.404 e. The van der Waals surface area contributed by atoms with E-state index in [1.807, 2.05) is 27.7 Å².